The summed E-state index contributed by atoms with van der Waals surface area (Å²) >= 11 is 2.44. The van der Waals surface area contributed by atoms with E-state index in [1.165, 1.54) is 55.6 Å². The zero-order chi connectivity index (χ0) is 25.8. The third-order valence-corrected chi connectivity index (χ3v) is 14.3. The number of halogens is 3. The van der Waals surface area contributed by atoms with E-state index in [0.29, 0.717) is 0 Å². The fraction of sp³-hybridized carbons (Fsp3) is 0.333. The summed E-state index contributed by atoms with van der Waals surface area (Å²) in [5, 5.41) is 0. The molecule has 3 aromatic carbocycles. The maximum absolute atomic E-state index is 2.62. The van der Waals surface area contributed by atoms with Gasteiger partial charge in [0.2, 0.25) is 0 Å². The monoisotopic (exact) mass is 616 g/mol. The Morgan fingerprint density at radius 3 is 1.08 bits per heavy atom. The molecule has 0 saturated heterocycles. The van der Waals surface area contributed by atoms with Crippen molar-refractivity contribution in [1.82, 2.24) is 0 Å². The van der Waals surface area contributed by atoms with Gasteiger partial charge in [0.15, 0.2) is 0 Å². The zero-order valence-electron chi connectivity index (χ0n) is 24.1. The predicted octanol–water partition coefficient (Wildman–Crippen LogP) is -0.0374. The van der Waals surface area contributed by atoms with Crippen LogP contribution in [0.1, 0.15) is 50.1 Å². The number of allylic oxidation sites excluding steroid dienone is 4. The second-order valence-corrected chi connectivity index (χ2v) is 19.3. The molecule has 0 spiro atoms. The summed E-state index contributed by atoms with van der Waals surface area (Å²) in [5.74, 6) is 0. The third kappa shape index (κ3) is 6.46. The first-order valence-corrected chi connectivity index (χ1v) is 17.0. The van der Waals surface area contributed by atoms with Gasteiger partial charge in [0.05, 0.1) is 0 Å². The Hall–Kier alpha value is -1.06. The molecule has 3 aromatic rings. The molecule has 1 atom stereocenters. The van der Waals surface area contributed by atoms with E-state index in [1.54, 1.807) is 0 Å². The Bertz CT molecular complexity index is 1180. The number of benzene rings is 3. The summed E-state index contributed by atoms with van der Waals surface area (Å²) in [7, 11) is -1.50. The van der Waals surface area contributed by atoms with Crippen molar-refractivity contribution in [2.75, 3.05) is 0 Å². The van der Waals surface area contributed by atoms with E-state index in [0.717, 1.165) is 0 Å². The summed E-state index contributed by atoms with van der Waals surface area (Å²) in [6.07, 6.45) is 7.56. The van der Waals surface area contributed by atoms with E-state index in [2.05, 4.69) is 154 Å². The van der Waals surface area contributed by atoms with Crippen LogP contribution in [0.15, 0.2) is 78.4 Å². The molecule has 0 fully saturated rings. The van der Waals surface area contributed by atoms with Gasteiger partial charge < -0.3 is 37.2 Å². The molecule has 4 rings (SSSR count). The Labute approximate surface area is 262 Å². The van der Waals surface area contributed by atoms with Crippen LogP contribution in [0.5, 0.6) is 0 Å². The summed E-state index contributed by atoms with van der Waals surface area (Å²) in [4.78, 5) is 0. The first kappa shape index (κ1) is 35.0. The van der Waals surface area contributed by atoms with Crippen LogP contribution in [-0.4, -0.2) is 8.07 Å². The Kier molecular flexibility index (Phi) is 11.6. The van der Waals surface area contributed by atoms with Gasteiger partial charge in [-0.05, 0) is 0 Å². The predicted molar refractivity (Wildman–Crippen MR) is 151 cm³/mol. The van der Waals surface area contributed by atoms with Crippen LogP contribution >= 0.6 is 0 Å². The van der Waals surface area contributed by atoms with E-state index >= 15 is 0 Å². The van der Waals surface area contributed by atoms with Crippen LogP contribution in [0.4, 0.5) is 0 Å². The van der Waals surface area contributed by atoms with Crippen molar-refractivity contribution in [3.05, 3.63) is 128 Å². The van der Waals surface area contributed by atoms with Gasteiger partial charge in [-0.2, -0.15) is 0 Å². The molecular formula is C33H39Cl3SiTi. The molecule has 0 nitrogen and oxygen atoms in total. The van der Waals surface area contributed by atoms with Gasteiger partial charge >= 0.3 is 227 Å². The molecule has 0 radical (unpaired) electrons. The van der Waals surface area contributed by atoms with Crippen molar-refractivity contribution in [3.63, 3.8) is 0 Å². The molecule has 200 valence electrons. The van der Waals surface area contributed by atoms with Crippen LogP contribution in [-0.2, 0) is 25.9 Å². The Morgan fingerprint density at radius 1 is 0.553 bits per heavy atom. The van der Waals surface area contributed by atoms with E-state index < -0.39 is 8.07 Å². The Morgan fingerprint density at radius 2 is 0.842 bits per heavy atom. The average Bonchev–Trinajstić information content (AvgIpc) is 3.10. The van der Waals surface area contributed by atoms with Crippen LogP contribution in [0, 0.1) is 41.5 Å². The number of rotatable bonds is 5. The van der Waals surface area contributed by atoms with Gasteiger partial charge in [-0.25, -0.2) is 0 Å². The summed E-state index contributed by atoms with van der Waals surface area (Å²) < 4.78 is 0.115. The van der Waals surface area contributed by atoms with Crippen molar-refractivity contribution in [1.29, 1.82) is 0 Å². The standard InChI is InChI=1S/C33H39Si.3ClH.Ti/c1-22-12-23(2)16-29(15-22)33(30-17-24(3)13-25(4)18-30,31-19-26(5)14-27(6)20-31)28-10-11-32(21-28)34(7,8)9;;;;/h10-21H,1-9H3;3*1H;/q;;;;+3/p-3. The first-order chi connectivity index (χ1) is 16.2. The molecule has 1 aliphatic carbocycles. The van der Waals surface area contributed by atoms with Gasteiger partial charge in [0.1, 0.15) is 0 Å². The van der Waals surface area contributed by atoms with E-state index in [1.807, 2.05) is 0 Å². The fourth-order valence-corrected chi connectivity index (χ4v) is 7.38. The Balaban J connectivity index is 0.00000241. The second kappa shape index (κ2) is 12.6. The fourth-order valence-electron chi connectivity index (χ4n) is 5.84. The quantitative estimate of drug-likeness (QED) is 0.279. The van der Waals surface area contributed by atoms with Crippen LogP contribution in [0.25, 0.3) is 0 Å². The summed E-state index contributed by atoms with van der Waals surface area (Å²) in [5.41, 5.74) is 13.0. The molecule has 38 heavy (non-hydrogen) atoms. The van der Waals surface area contributed by atoms with Gasteiger partial charge in [-0.3, -0.25) is 0 Å². The molecule has 1 unspecified atom stereocenters. The van der Waals surface area contributed by atoms with Crippen LogP contribution in [0.3, 0.4) is 0 Å². The van der Waals surface area contributed by atoms with Crippen molar-refractivity contribution < 1.29 is 57.7 Å². The van der Waals surface area contributed by atoms with E-state index in [9.17, 15) is 0 Å². The average molecular weight is 618 g/mol. The van der Waals surface area contributed by atoms with Crippen molar-refractivity contribution >= 4 is 8.07 Å². The number of aryl methyl sites for hydroxylation is 6. The van der Waals surface area contributed by atoms with Crippen LogP contribution < -0.4 is 37.2 Å². The summed E-state index contributed by atoms with van der Waals surface area (Å²) in [6.45, 7) is 20.9. The van der Waals surface area contributed by atoms with E-state index in [4.69, 9.17) is 0 Å². The molecule has 0 saturated carbocycles. The molecule has 0 bridgehead atoms. The summed E-state index contributed by atoms with van der Waals surface area (Å²) in [6, 6.07) is 21.4. The van der Waals surface area contributed by atoms with Gasteiger partial charge in [-0.1, -0.05) is 0 Å². The van der Waals surface area contributed by atoms with Crippen molar-refractivity contribution in [2.24, 2.45) is 0 Å². The number of hydrogen-bond donors (Lipinski definition) is 0. The maximum atomic E-state index is 2.62. The van der Waals surface area contributed by atoms with Crippen molar-refractivity contribution in [2.45, 2.75) is 69.9 Å². The number of hydrogen-bond acceptors (Lipinski definition) is 0. The minimum Gasteiger partial charge on any atom is -1.00 e. The smallest absolute Gasteiger partial charge is 1.00 e. The molecule has 0 aromatic heterocycles. The zero-order valence-corrected chi connectivity index (χ0v) is 28.9. The molecule has 1 aliphatic rings. The molecule has 0 heterocycles. The normalized spacial score (nSPS) is 16.8. The van der Waals surface area contributed by atoms with Crippen molar-refractivity contribution in [3.8, 4) is 0 Å². The topological polar surface area (TPSA) is 0 Å². The minimum atomic E-state index is -1.50. The molecular weight excluding hydrogens is 579 g/mol. The molecule has 5 heteroatoms. The van der Waals surface area contributed by atoms with Gasteiger partial charge in [0.25, 0.3) is 0 Å². The van der Waals surface area contributed by atoms with Crippen LogP contribution in [0.2, 0.25) is 23.0 Å². The first-order valence-electron chi connectivity index (χ1n) is 12.7. The third-order valence-electron chi connectivity index (χ3n) is 7.55. The molecule has 0 amide bonds. The van der Waals surface area contributed by atoms with E-state index in [-0.39, 0.29) is 46.0 Å². The molecule has 0 aliphatic heterocycles. The van der Waals surface area contributed by atoms with Gasteiger partial charge in [0, 0.05) is 0 Å². The second-order valence-electron chi connectivity index (χ2n) is 11.9. The maximum Gasteiger partial charge on any atom is -1.00 e. The van der Waals surface area contributed by atoms with Gasteiger partial charge in [-0.15, -0.1) is 0 Å². The largest absolute Gasteiger partial charge is 1.00 e. The minimum absolute atomic E-state index is 0. The SMILES string of the molecule is Cc1cc(C)cc(C(C2=C[C]([Ti+3])([Si](C)(C)C)C=C2)(c2cc(C)cc(C)c2)c2cc(C)cc(C)c2)c1.[Cl-].[Cl-].[Cl-]. The molecule has 0 N–H and O–H groups in total.